The first-order valence-corrected chi connectivity index (χ1v) is 7.03. The van der Waals surface area contributed by atoms with E-state index in [4.69, 9.17) is 21.1 Å². The molecule has 0 bridgehead atoms. The highest BCUT2D eigenvalue weighted by molar-refractivity contribution is 7.18. The molecule has 0 saturated heterocycles. The molecule has 0 fully saturated rings. The molecule has 1 aliphatic rings. The minimum Gasteiger partial charge on any atom is -0.485 e. The molecular weight excluding hydrogens is 284 g/mol. The van der Waals surface area contributed by atoms with Crippen molar-refractivity contribution in [3.63, 3.8) is 0 Å². The van der Waals surface area contributed by atoms with Gasteiger partial charge in [-0.05, 0) is 30.7 Å². The fourth-order valence-corrected chi connectivity index (χ4v) is 3.07. The molecule has 1 aromatic heterocycles. The number of fused-ring (bicyclic) bond motifs is 1. The van der Waals surface area contributed by atoms with E-state index in [1.165, 1.54) is 11.3 Å². The predicted octanol–water partition coefficient (Wildman–Crippen LogP) is 3.73. The van der Waals surface area contributed by atoms with Gasteiger partial charge >= 0.3 is 0 Å². The molecule has 2 heterocycles. The number of thiophene rings is 1. The van der Waals surface area contributed by atoms with Gasteiger partial charge in [-0.3, -0.25) is 4.79 Å². The zero-order valence-electron chi connectivity index (χ0n) is 10.2. The Morgan fingerprint density at radius 3 is 2.79 bits per heavy atom. The first-order valence-electron chi connectivity index (χ1n) is 5.84. The van der Waals surface area contributed by atoms with Crippen molar-refractivity contribution in [2.75, 3.05) is 6.61 Å². The fourth-order valence-electron chi connectivity index (χ4n) is 1.89. The van der Waals surface area contributed by atoms with E-state index in [2.05, 4.69) is 0 Å². The molecule has 0 amide bonds. The maximum absolute atomic E-state index is 12.3. The zero-order chi connectivity index (χ0) is 13.4. The summed E-state index contributed by atoms with van der Waals surface area (Å²) in [6, 6.07) is 9.12. The standard InChI is InChI=1S/C14H11ClO3S/c1-8-6-12(19-14(8)15)13(16)11-7-17-9-4-2-3-5-10(9)18-11/h2-6,11H,7H2,1H3. The zero-order valence-corrected chi connectivity index (χ0v) is 11.8. The number of rotatable bonds is 2. The Labute approximate surface area is 119 Å². The molecule has 0 aliphatic carbocycles. The van der Waals surface area contributed by atoms with Crippen molar-refractivity contribution in [3.8, 4) is 11.5 Å². The van der Waals surface area contributed by atoms with Crippen LogP contribution in [-0.4, -0.2) is 18.5 Å². The van der Waals surface area contributed by atoms with Gasteiger partial charge < -0.3 is 9.47 Å². The molecule has 2 aromatic rings. The Morgan fingerprint density at radius 2 is 2.11 bits per heavy atom. The van der Waals surface area contributed by atoms with Crippen molar-refractivity contribution in [3.05, 3.63) is 45.1 Å². The van der Waals surface area contributed by atoms with Crippen molar-refractivity contribution in [2.45, 2.75) is 13.0 Å². The van der Waals surface area contributed by atoms with Crippen molar-refractivity contribution >= 4 is 28.7 Å². The van der Waals surface area contributed by atoms with Crippen molar-refractivity contribution in [1.29, 1.82) is 0 Å². The number of para-hydroxylation sites is 2. The molecule has 5 heteroatoms. The molecule has 1 atom stereocenters. The Morgan fingerprint density at radius 1 is 1.37 bits per heavy atom. The molecule has 3 rings (SSSR count). The number of hydrogen-bond acceptors (Lipinski definition) is 4. The summed E-state index contributed by atoms with van der Waals surface area (Å²) in [6.07, 6.45) is -0.607. The molecule has 0 N–H and O–H groups in total. The Kier molecular flexibility index (Phi) is 3.21. The summed E-state index contributed by atoms with van der Waals surface area (Å²) in [5.74, 6) is 1.19. The van der Waals surface area contributed by atoms with Gasteiger partial charge in [0.1, 0.15) is 6.61 Å². The molecule has 1 aliphatic heterocycles. The Hall–Kier alpha value is -1.52. The Balaban J connectivity index is 1.83. The van der Waals surface area contributed by atoms with Crippen LogP contribution in [0.15, 0.2) is 30.3 Å². The predicted molar refractivity (Wildman–Crippen MR) is 74.7 cm³/mol. The van der Waals surface area contributed by atoms with Crippen molar-refractivity contribution in [1.82, 2.24) is 0 Å². The van der Waals surface area contributed by atoms with Gasteiger partial charge in [0.2, 0.25) is 5.78 Å². The minimum atomic E-state index is -0.607. The van der Waals surface area contributed by atoms with Gasteiger partial charge in [0, 0.05) is 0 Å². The van der Waals surface area contributed by atoms with Gasteiger partial charge in [0.15, 0.2) is 17.6 Å². The second-order valence-corrected chi connectivity index (χ2v) is 5.95. The van der Waals surface area contributed by atoms with E-state index < -0.39 is 6.10 Å². The summed E-state index contributed by atoms with van der Waals surface area (Å²) in [5, 5.41) is 0. The maximum atomic E-state index is 12.3. The lowest BCUT2D eigenvalue weighted by atomic mass is 10.1. The third-order valence-electron chi connectivity index (χ3n) is 2.90. The Bertz CT molecular complexity index is 616. The average molecular weight is 295 g/mol. The van der Waals surface area contributed by atoms with Crippen LogP contribution in [0.5, 0.6) is 11.5 Å². The van der Waals surface area contributed by atoms with Gasteiger partial charge in [-0.1, -0.05) is 23.7 Å². The van der Waals surface area contributed by atoms with Crippen LogP contribution in [0.1, 0.15) is 15.2 Å². The van der Waals surface area contributed by atoms with Crippen LogP contribution >= 0.6 is 22.9 Å². The van der Waals surface area contributed by atoms with Gasteiger partial charge in [-0.25, -0.2) is 0 Å². The number of carbonyl (C=O) groups excluding carboxylic acids is 1. The summed E-state index contributed by atoms with van der Waals surface area (Å²) in [6.45, 7) is 2.10. The number of ketones is 1. The van der Waals surface area contributed by atoms with Crippen LogP contribution in [0, 0.1) is 6.92 Å². The SMILES string of the molecule is Cc1cc(C(=O)C2COc3ccccc3O2)sc1Cl. The van der Waals surface area contributed by atoms with E-state index in [1.54, 1.807) is 12.1 Å². The smallest absolute Gasteiger partial charge is 0.216 e. The highest BCUT2D eigenvalue weighted by atomic mass is 35.5. The van der Waals surface area contributed by atoms with Crippen molar-refractivity contribution < 1.29 is 14.3 Å². The van der Waals surface area contributed by atoms with Crippen LogP contribution in [0.2, 0.25) is 4.34 Å². The first kappa shape index (κ1) is 12.5. The van der Waals surface area contributed by atoms with Crippen LogP contribution in [0.4, 0.5) is 0 Å². The van der Waals surface area contributed by atoms with Crippen LogP contribution in [-0.2, 0) is 0 Å². The highest BCUT2D eigenvalue weighted by Gasteiger charge is 2.29. The number of hydrogen-bond donors (Lipinski definition) is 0. The summed E-state index contributed by atoms with van der Waals surface area (Å²) in [5.41, 5.74) is 0.909. The normalized spacial score (nSPS) is 17.3. The average Bonchev–Trinajstić information content (AvgIpc) is 2.77. The molecule has 1 unspecified atom stereocenters. The third-order valence-corrected chi connectivity index (χ3v) is 4.47. The van der Waals surface area contributed by atoms with Crippen LogP contribution < -0.4 is 9.47 Å². The monoisotopic (exact) mass is 294 g/mol. The molecule has 0 spiro atoms. The van der Waals surface area contributed by atoms with Gasteiger partial charge in [0.25, 0.3) is 0 Å². The number of ether oxygens (including phenoxy) is 2. The number of benzene rings is 1. The lowest BCUT2D eigenvalue weighted by Gasteiger charge is -2.25. The fraction of sp³-hybridized carbons (Fsp3) is 0.214. The van der Waals surface area contributed by atoms with Gasteiger partial charge in [0.05, 0.1) is 9.21 Å². The summed E-state index contributed by atoms with van der Waals surface area (Å²) in [7, 11) is 0. The topological polar surface area (TPSA) is 35.5 Å². The number of Topliss-reactive ketones (excluding diaryl/α,β-unsaturated/α-hetero) is 1. The van der Waals surface area contributed by atoms with E-state index in [0.29, 0.717) is 20.7 Å². The lowest BCUT2D eigenvalue weighted by molar-refractivity contribution is 0.0590. The molecule has 3 nitrogen and oxygen atoms in total. The molecule has 0 radical (unpaired) electrons. The van der Waals surface area contributed by atoms with E-state index in [9.17, 15) is 4.79 Å². The third kappa shape index (κ3) is 2.33. The van der Waals surface area contributed by atoms with Gasteiger partial charge in [-0.15, -0.1) is 11.3 Å². The molecular formula is C14H11ClO3S. The maximum Gasteiger partial charge on any atom is 0.216 e. The molecule has 1 aromatic carbocycles. The molecule has 0 saturated carbocycles. The summed E-state index contributed by atoms with van der Waals surface area (Å²) < 4.78 is 11.9. The van der Waals surface area contributed by atoms with E-state index in [1.807, 2.05) is 25.1 Å². The largest absolute Gasteiger partial charge is 0.485 e. The van der Waals surface area contributed by atoms with Crippen molar-refractivity contribution in [2.24, 2.45) is 0 Å². The first-order chi connectivity index (χ1) is 9.15. The quantitative estimate of drug-likeness (QED) is 0.792. The minimum absolute atomic E-state index is 0.0884. The van der Waals surface area contributed by atoms with E-state index in [-0.39, 0.29) is 12.4 Å². The number of carbonyl (C=O) groups is 1. The number of halogens is 1. The van der Waals surface area contributed by atoms with Crippen LogP contribution in [0.3, 0.4) is 0 Å². The lowest BCUT2D eigenvalue weighted by Crippen LogP contribution is -2.36. The van der Waals surface area contributed by atoms with Gasteiger partial charge in [-0.2, -0.15) is 0 Å². The van der Waals surface area contributed by atoms with E-state index in [0.717, 1.165) is 5.56 Å². The van der Waals surface area contributed by atoms with Crippen LogP contribution in [0.25, 0.3) is 0 Å². The highest BCUT2D eigenvalue weighted by Crippen LogP contribution is 2.33. The van der Waals surface area contributed by atoms with E-state index >= 15 is 0 Å². The second-order valence-electron chi connectivity index (χ2n) is 4.30. The number of aryl methyl sites for hydroxylation is 1. The molecule has 19 heavy (non-hydrogen) atoms. The summed E-state index contributed by atoms with van der Waals surface area (Å²) in [4.78, 5) is 12.9. The molecule has 98 valence electrons. The summed E-state index contributed by atoms with van der Waals surface area (Å²) >= 11 is 7.27. The second kappa shape index (κ2) is 4.87.